The number of hydrogen-bond acceptors (Lipinski definition) is 1. The fourth-order valence-electron chi connectivity index (χ4n) is 5.62. The molecule has 3 aromatic carbocycles. The standard InChI is InChI=1S/C18H17.C11H13NSi.2ClH.Zr/c1-3-14-7-9-15(10-8-14)17-6-4-5-16-11-13(2)12-18(16)17;1-6-5-8-9(12-6)11-7(2)10(8)13(11,3)4;;;/h4-12H,3H2,1-2H3;5H,1-4H3;2*1H;/q-1;;;;+3/p-2. The summed E-state index contributed by atoms with van der Waals surface area (Å²) in [6, 6.07) is 20.0. The molecule has 3 aromatic rings. The van der Waals surface area contributed by atoms with Gasteiger partial charge in [-0.05, 0) is 53.4 Å². The second-order valence-electron chi connectivity index (χ2n) is 9.55. The number of aliphatic imine (C=N–C) groups is 1. The molecular weight excluding hydrogens is 553 g/mol. The summed E-state index contributed by atoms with van der Waals surface area (Å²) in [5, 5.41) is 5.98. The Morgan fingerprint density at radius 3 is 2.18 bits per heavy atom. The Morgan fingerprint density at radius 2 is 1.59 bits per heavy atom. The Labute approximate surface area is 236 Å². The van der Waals surface area contributed by atoms with Gasteiger partial charge in [-0.1, -0.05) is 62.8 Å². The molecule has 4 aliphatic rings. The van der Waals surface area contributed by atoms with Crippen LogP contribution in [0.3, 0.4) is 0 Å². The first-order valence-electron chi connectivity index (χ1n) is 11.3. The first kappa shape index (κ1) is 28.9. The van der Waals surface area contributed by atoms with E-state index in [1.54, 1.807) is 10.4 Å². The maximum atomic E-state index is 4.62. The van der Waals surface area contributed by atoms with Gasteiger partial charge in [-0.3, -0.25) is 4.99 Å². The topological polar surface area (TPSA) is 12.4 Å². The second kappa shape index (κ2) is 10.7. The van der Waals surface area contributed by atoms with Crippen LogP contribution < -0.4 is 24.8 Å². The van der Waals surface area contributed by atoms with E-state index >= 15 is 0 Å². The van der Waals surface area contributed by atoms with Crippen LogP contribution >= 0.6 is 0 Å². The van der Waals surface area contributed by atoms with Gasteiger partial charge in [0, 0.05) is 11.3 Å². The van der Waals surface area contributed by atoms with Crippen LogP contribution in [-0.2, 0) is 32.6 Å². The van der Waals surface area contributed by atoms with E-state index < -0.39 is 8.07 Å². The Balaban J connectivity index is 0.000000229. The molecule has 0 atom stereocenters. The number of nitrogens with zero attached hydrogens (tertiary/aromatic N) is 1. The summed E-state index contributed by atoms with van der Waals surface area (Å²) in [5.74, 6) is 0. The van der Waals surface area contributed by atoms with Crippen molar-refractivity contribution in [3.8, 4) is 11.1 Å². The Hall–Kier alpha value is -1.38. The van der Waals surface area contributed by atoms with Gasteiger partial charge in [0.1, 0.15) is 8.07 Å². The monoisotopic (exact) mass is 580 g/mol. The smallest absolute Gasteiger partial charge is 1.00 e. The van der Waals surface area contributed by atoms with Crippen LogP contribution in [0.2, 0.25) is 13.1 Å². The van der Waals surface area contributed by atoms with E-state index in [-0.39, 0.29) is 51.0 Å². The van der Waals surface area contributed by atoms with E-state index in [0.29, 0.717) is 0 Å². The number of benzene rings is 2. The summed E-state index contributed by atoms with van der Waals surface area (Å²) in [6.07, 6.45) is 3.35. The molecule has 3 aliphatic heterocycles. The van der Waals surface area contributed by atoms with Gasteiger partial charge in [0.15, 0.2) is 0 Å². The summed E-state index contributed by atoms with van der Waals surface area (Å²) in [7, 11) is -1.15. The summed E-state index contributed by atoms with van der Waals surface area (Å²) >= 11 is 0. The fraction of sp³-hybridized carbons (Fsp3) is 0.241. The van der Waals surface area contributed by atoms with E-state index in [2.05, 4.69) is 106 Å². The number of halogens is 2. The van der Waals surface area contributed by atoms with Gasteiger partial charge in [-0.25, -0.2) is 0 Å². The Kier molecular flexibility index (Phi) is 9.09. The number of hydrogen-bond donors (Lipinski definition) is 0. The van der Waals surface area contributed by atoms with E-state index in [4.69, 9.17) is 0 Å². The van der Waals surface area contributed by atoms with E-state index in [1.807, 2.05) is 0 Å². The third-order valence-electron chi connectivity index (χ3n) is 6.97. The number of allylic oxidation sites excluding steroid dienone is 4. The molecule has 0 saturated carbocycles. The third-order valence-corrected chi connectivity index (χ3v) is 10.7. The van der Waals surface area contributed by atoms with Crippen LogP contribution in [0, 0.1) is 6.92 Å². The van der Waals surface area contributed by atoms with Crippen molar-refractivity contribution < 1.29 is 51.0 Å². The average molecular weight is 583 g/mol. The molecule has 1 radical (unpaired) electrons. The van der Waals surface area contributed by atoms with Crippen LogP contribution in [0.15, 0.2) is 92.9 Å². The zero-order valence-electron chi connectivity index (χ0n) is 20.7. The predicted octanol–water partition coefficient (Wildman–Crippen LogP) is 1.87. The average Bonchev–Trinajstić information content (AvgIpc) is 3.41. The van der Waals surface area contributed by atoms with Gasteiger partial charge >= 0.3 is 26.2 Å². The molecule has 0 fully saturated rings. The van der Waals surface area contributed by atoms with Crippen molar-refractivity contribution in [2.24, 2.45) is 4.99 Å². The zero-order valence-corrected chi connectivity index (χ0v) is 25.7. The SMILES string of the molecule is CC1=NC2=C3C(C)=C(C2=C1)[Si]3(C)C.CCc1ccc(-c2cccc3[cH-]c(C)cc23)cc1.[Cl-].[Cl-].[Zr+3]. The molecule has 0 amide bonds. The first-order valence-corrected chi connectivity index (χ1v) is 14.3. The summed E-state index contributed by atoms with van der Waals surface area (Å²) < 4.78 is 0. The van der Waals surface area contributed by atoms with E-state index in [9.17, 15) is 0 Å². The normalized spacial score (nSPS) is 16.3. The molecule has 173 valence electrons. The van der Waals surface area contributed by atoms with Crippen molar-refractivity contribution in [1.82, 2.24) is 0 Å². The minimum Gasteiger partial charge on any atom is -1.00 e. The Bertz CT molecular complexity index is 1350. The van der Waals surface area contributed by atoms with Crippen LogP contribution in [0.5, 0.6) is 0 Å². The molecule has 0 N–H and O–H groups in total. The minimum absolute atomic E-state index is 0. The molecule has 5 heteroatoms. The van der Waals surface area contributed by atoms with E-state index in [0.717, 1.165) is 6.42 Å². The third kappa shape index (κ3) is 4.58. The molecule has 2 bridgehead atoms. The van der Waals surface area contributed by atoms with Crippen molar-refractivity contribution in [3.63, 3.8) is 0 Å². The molecule has 1 aliphatic carbocycles. The minimum atomic E-state index is -1.15. The van der Waals surface area contributed by atoms with Crippen molar-refractivity contribution in [3.05, 3.63) is 99.0 Å². The molecular formula is C29H30Cl2NSiZr. The van der Waals surface area contributed by atoms with Crippen LogP contribution in [0.4, 0.5) is 0 Å². The van der Waals surface area contributed by atoms with Crippen molar-refractivity contribution in [2.75, 3.05) is 0 Å². The predicted molar refractivity (Wildman–Crippen MR) is 137 cm³/mol. The van der Waals surface area contributed by atoms with Gasteiger partial charge in [-0.15, -0.1) is 34.5 Å². The maximum Gasteiger partial charge on any atom is 3.00 e. The molecule has 0 spiro atoms. The van der Waals surface area contributed by atoms with Gasteiger partial charge in [0.25, 0.3) is 0 Å². The maximum absolute atomic E-state index is 4.62. The van der Waals surface area contributed by atoms with Gasteiger partial charge in [0.05, 0.1) is 5.70 Å². The number of rotatable bonds is 2. The first-order chi connectivity index (χ1) is 14.8. The molecule has 7 rings (SSSR count). The van der Waals surface area contributed by atoms with Gasteiger partial charge in [-0.2, -0.15) is 6.07 Å². The number of aryl methyl sites for hydroxylation is 2. The molecule has 1 nitrogen and oxygen atoms in total. The molecule has 0 saturated heterocycles. The second-order valence-corrected chi connectivity index (χ2v) is 13.8. The molecule has 0 aromatic heterocycles. The zero-order chi connectivity index (χ0) is 21.9. The van der Waals surface area contributed by atoms with Crippen LogP contribution in [0.1, 0.15) is 31.9 Å². The van der Waals surface area contributed by atoms with Crippen molar-refractivity contribution >= 4 is 24.6 Å². The van der Waals surface area contributed by atoms with Gasteiger partial charge < -0.3 is 24.8 Å². The largest absolute Gasteiger partial charge is 3.00 e. The van der Waals surface area contributed by atoms with E-state index in [1.165, 1.54) is 55.6 Å². The Morgan fingerprint density at radius 1 is 0.912 bits per heavy atom. The molecule has 3 heterocycles. The summed E-state index contributed by atoms with van der Waals surface area (Å²) in [5.41, 5.74) is 10.9. The van der Waals surface area contributed by atoms with Crippen LogP contribution in [-0.4, -0.2) is 13.8 Å². The quantitative estimate of drug-likeness (QED) is 0.323. The van der Waals surface area contributed by atoms with Crippen molar-refractivity contribution in [2.45, 2.75) is 47.2 Å². The molecule has 34 heavy (non-hydrogen) atoms. The number of fused-ring (bicyclic) bond motifs is 1. The van der Waals surface area contributed by atoms with Gasteiger partial charge in [0.2, 0.25) is 0 Å². The fourth-order valence-corrected chi connectivity index (χ4v) is 9.45. The molecule has 0 unspecified atom stereocenters. The summed E-state index contributed by atoms with van der Waals surface area (Å²) in [6.45, 7) is 13.5. The van der Waals surface area contributed by atoms with Crippen LogP contribution in [0.25, 0.3) is 21.9 Å². The summed E-state index contributed by atoms with van der Waals surface area (Å²) in [4.78, 5) is 4.62. The van der Waals surface area contributed by atoms with Crippen molar-refractivity contribution in [1.29, 1.82) is 0 Å².